The van der Waals surface area contributed by atoms with Crippen LogP contribution >= 0.6 is 0 Å². The number of fused-ring (bicyclic) bond motifs is 1. The van der Waals surface area contributed by atoms with Crippen molar-refractivity contribution in [3.63, 3.8) is 0 Å². The van der Waals surface area contributed by atoms with Crippen LogP contribution in [-0.2, 0) is 0 Å². The van der Waals surface area contributed by atoms with Crippen LogP contribution in [0.3, 0.4) is 0 Å². The van der Waals surface area contributed by atoms with Gasteiger partial charge in [0.1, 0.15) is 5.76 Å². The van der Waals surface area contributed by atoms with Crippen molar-refractivity contribution in [2.75, 3.05) is 13.7 Å². The Hall–Kier alpha value is -3.67. The second-order valence-electron chi connectivity index (χ2n) is 7.37. The average molecular weight is 399 g/mol. The van der Waals surface area contributed by atoms with Gasteiger partial charge in [-0.05, 0) is 53.4 Å². The molecule has 1 aliphatic rings. The summed E-state index contributed by atoms with van der Waals surface area (Å²) in [6.07, 6.45) is 7.06. The van der Waals surface area contributed by atoms with Crippen LogP contribution in [0.4, 0.5) is 0 Å². The van der Waals surface area contributed by atoms with Crippen molar-refractivity contribution in [1.82, 2.24) is 14.9 Å². The van der Waals surface area contributed by atoms with Crippen molar-refractivity contribution in [3.8, 4) is 17.1 Å². The van der Waals surface area contributed by atoms with Crippen molar-refractivity contribution >= 4 is 16.7 Å². The van der Waals surface area contributed by atoms with Crippen LogP contribution in [-0.4, -0.2) is 34.4 Å². The molecule has 0 spiro atoms. The van der Waals surface area contributed by atoms with E-state index in [1.807, 2.05) is 53.4 Å². The molecule has 0 bridgehead atoms. The van der Waals surface area contributed by atoms with Crippen LogP contribution in [0.25, 0.3) is 21.9 Å². The number of hydrogen-bond acceptors (Lipinski definition) is 5. The third-order valence-corrected chi connectivity index (χ3v) is 5.63. The Labute approximate surface area is 174 Å². The topological polar surface area (TPSA) is 68.5 Å². The van der Waals surface area contributed by atoms with Crippen molar-refractivity contribution in [2.24, 2.45) is 0 Å². The molecule has 0 radical (unpaired) electrons. The summed E-state index contributed by atoms with van der Waals surface area (Å²) in [5.41, 5.74) is 2.60. The van der Waals surface area contributed by atoms with Gasteiger partial charge in [-0.2, -0.15) is 0 Å². The van der Waals surface area contributed by atoms with Gasteiger partial charge in [0.15, 0.2) is 0 Å². The number of ether oxygens (including phenoxy) is 1. The van der Waals surface area contributed by atoms with Crippen LogP contribution in [0, 0.1) is 0 Å². The van der Waals surface area contributed by atoms with Crippen molar-refractivity contribution in [3.05, 3.63) is 78.5 Å². The summed E-state index contributed by atoms with van der Waals surface area (Å²) < 4.78 is 10.6. The Bertz CT molecular complexity index is 1190. The SMILES string of the molecule is COc1ncc(-c2cccc3cc(C(=O)N4CCCC4c4ccco4)ccc23)cn1. The summed E-state index contributed by atoms with van der Waals surface area (Å²) in [6, 6.07) is 16.1. The second-order valence-corrected chi connectivity index (χ2v) is 7.37. The summed E-state index contributed by atoms with van der Waals surface area (Å²) in [7, 11) is 1.54. The Balaban J connectivity index is 1.48. The summed E-state index contributed by atoms with van der Waals surface area (Å²) in [5, 5.41) is 2.05. The largest absolute Gasteiger partial charge is 0.467 e. The van der Waals surface area contributed by atoms with Gasteiger partial charge in [0, 0.05) is 30.1 Å². The highest BCUT2D eigenvalue weighted by atomic mass is 16.5. The highest BCUT2D eigenvalue weighted by molar-refractivity contribution is 6.02. The fourth-order valence-electron chi connectivity index (χ4n) is 4.18. The molecule has 2 aromatic carbocycles. The van der Waals surface area contributed by atoms with Crippen LogP contribution in [0.5, 0.6) is 6.01 Å². The highest BCUT2D eigenvalue weighted by Gasteiger charge is 2.32. The number of aromatic nitrogens is 2. The number of methoxy groups -OCH3 is 1. The molecule has 5 rings (SSSR count). The third kappa shape index (κ3) is 3.20. The Morgan fingerprint density at radius 1 is 1.13 bits per heavy atom. The minimum Gasteiger partial charge on any atom is -0.467 e. The molecule has 1 unspecified atom stereocenters. The molecule has 0 aliphatic carbocycles. The Kier molecular flexibility index (Phi) is 4.67. The van der Waals surface area contributed by atoms with E-state index in [-0.39, 0.29) is 11.9 Å². The summed E-state index contributed by atoms with van der Waals surface area (Å²) >= 11 is 0. The Morgan fingerprint density at radius 2 is 2.00 bits per heavy atom. The number of amides is 1. The van der Waals surface area contributed by atoms with Gasteiger partial charge in [-0.1, -0.05) is 24.3 Å². The van der Waals surface area contributed by atoms with E-state index in [1.54, 1.807) is 25.8 Å². The lowest BCUT2D eigenvalue weighted by atomic mass is 9.98. The molecule has 4 aromatic rings. The van der Waals surface area contributed by atoms with Gasteiger partial charge in [0.2, 0.25) is 0 Å². The van der Waals surface area contributed by atoms with E-state index in [1.165, 1.54) is 0 Å². The first-order chi connectivity index (χ1) is 14.7. The van der Waals surface area contributed by atoms with Crippen molar-refractivity contribution in [2.45, 2.75) is 18.9 Å². The van der Waals surface area contributed by atoms with E-state index in [9.17, 15) is 4.79 Å². The molecule has 3 heterocycles. The maximum absolute atomic E-state index is 13.3. The minimum absolute atomic E-state index is 0.00554. The van der Waals surface area contributed by atoms with E-state index in [0.717, 1.165) is 47.0 Å². The molecule has 6 heteroatoms. The lowest BCUT2D eigenvalue weighted by Crippen LogP contribution is -2.30. The number of likely N-dealkylation sites (tertiary alicyclic amines) is 1. The van der Waals surface area contributed by atoms with E-state index in [0.29, 0.717) is 11.6 Å². The van der Waals surface area contributed by atoms with Gasteiger partial charge in [-0.25, -0.2) is 9.97 Å². The van der Waals surface area contributed by atoms with Gasteiger partial charge in [-0.3, -0.25) is 4.79 Å². The van der Waals surface area contributed by atoms with Gasteiger partial charge < -0.3 is 14.1 Å². The van der Waals surface area contributed by atoms with Crippen LogP contribution in [0.15, 0.2) is 71.6 Å². The predicted molar refractivity (Wildman–Crippen MR) is 113 cm³/mol. The molecule has 2 aromatic heterocycles. The number of nitrogens with zero attached hydrogens (tertiary/aromatic N) is 3. The summed E-state index contributed by atoms with van der Waals surface area (Å²) in [4.78, 5) is 23.6. The predicted octanol–water partition coefficient (Wildman–Crippen LogP) is 4.88. The molecule has 0 saturated carbocycles. The van der Waals surface area contributed by atoms with E-state index < -0.39 is 0 Å². The molecular formula is C24H21N3O3. The molecule has 30 heavy (non-hydrogen) atoms. The second kappa shape index (κ2) is 7.63. The fourth-order valence-corrected chi connectivity index (χ4v) is 4.18. The number of rotatable bonds is 4. The first-order valence-electron chi connectivity index (χ1n) is 9.98. The standard InChI is InChI=1S/C24H21N3O3/c1-29-24-25-14-18(15-26-24)19-6-2-5-16-13-17(9-10-20(16)19)23(28)27-11-3-7-21(27)22-8-4-12-30-22/h2,4-6,8-10,12-15,21H,3,7,11H2,1H3. The first kappa shape index (κ1) is 18.4. The number of benzene rings is 2. The van der Waals surface area contributed by atoms with Crippen LogP contribution in [0.1, 0.15) is 35.0 Å². The quantitative estimate of drug-likeness (QED) is 0.489. The average Bonchev–Trinajstić information content (AvgIpc) is 3.49. The minimum atomic E-state index is 0.00554. The maximum atomic E-state index is 13.3. The summed E-state index contributed by atoms with van der Waals surface area (Å²) in [5.74, 6) is 0.886. The van der Waals surface area contributed by atoms with Crippen molar-refractivity contribution < 1.29 is 13.9 Å². The number of carbonyl (C=O) groups excluding carboxylic acids is 1. The summed E-state index contributed by atoms with van der Waals surface area (Å²) in [6.45, 7) is 0.742. The molecule has 0 N–H and O–H groups in total. The van der Waals surface area contributed by atoms with Gasteiger partial charge >= 0.3 is 6.01 Å². The number of hydrogen-bond donors (Lipinski definition) is 0. The number of furan rings is 1. The number of carbonyl (C=O) groups is 1. The van der Waals surface area contributed by atoms with Crippen LogP contribution in [0.2, 0.25) is 0 Å². The molecule has 150 valence electrons. The molecule has 1 fully saturated rings. The van der Waals surface area contributed by atoms with E-state index in [2.05, 4.69) is 9.97 Å². The third-order valence-electron chi connectivity index (χ3n) is 5.63. The molecule has 6 nitrogen and oxygen atoms in total. The van der Waals surface area contributed by atoms with Crippen LogP contribution < -0.4 is 4.74 Å². The smallest absolute Gasteiger partial charge is 0.316 e. The molecule has 1 atom stereocenters. The molecule has 1 saturated heterocycles. The van der Waals surface area contributed by atoms with Gasteiger partial charge in [-0.15, -0.1) is 0 Å². The molecule has 1 amide bonds. The normalized spacial score (nSPS) is 16.2. The highest BCUT2D eigenvalue weighted by Crippen LogP contribution is 2.34. The maximum Gasteiger partial charge on any atom is 0.316 e. The van der Waals surface area contributed by atoms with E-state index >= 15 is 0 Å². The van der Waals surface area contributed by atoms with E-state index in [4.69, 9.17) is 9.15 Å². The zero-order valence-corrected chi connectivity index (χ0v) is 16.6. The fraction of sp³-hybridized carbons (Fsp3) is 0.208. The lowest BCUT2D eigenvalue weighted by molar-refractivity contribution is 0.0720. The monoisotopic (exact) mass is 399 g/mol. The molecular weight excluding hydrogens is 378 g/mol. The van der Waals surface area contributed by atoms with Crippen molar-refractivity contribution in [1.29, 1.82) is 0 Å². The Morgan fingerprint density at radius 3 is 2.77 bits per heavy atom. The van der Waals surface area contributed by atoms with Gasteiger partial charge in [0.25, 0.3) is 5.91 Å². The zero-order valence-electron chi connectivity index (χ0n) is 16.6. The van der Waals surface area contributed by atoms with Gasteiger partial charge in [0.05, 0.1) is 19.4 Å². The first-order valence-corrected chi connectivity index (χ1v) is 9.98. The zero-order chi connectivity index (χ0) is 20.5. The lowest BCUT2D eigenvalue weighted by Gasteiger charge is -2.23. The molecule has 1 aliphatic heterocycles.